The summed E-state index contributed by atoms with van der Waals surface area (Å²) in [5, 5.41) is 19.0. The normalized spacial score (nSPS) is 18.5. The molecule has 0 saturated heterocycles. The number of aliphatic hydroxyl groups excluding tert-OH is 1. The van der Waals surface area contributed by atoms with E-state index < -0.39 is 0 Å². The number of nitrogens with one attached hydrogen (secondary N) is 1. The fourth-order valence-electron chi connectivity index (χ4n) is 4.16. The molecule has 1 fully saturated rings. The summed E-state index contributed by atoms with van der Waals surface area (Å²) in [7, 11) is 4.10. The Kier molecular flexibility index (Phi) is 6.75. The monoisotopic (exact) mass is 478 g/mol. The molecule has 9 heteroatoms. The molecule has 3 aromatic heterocycles. The first-order valence-corrected chi connectivity index (χ1v) is 12.5. The van der Waals surface area contributed by atoms with Gasteiger partial charge < -0.3 is 20.1 Å². The smallest absolute Gasteiger partial charge is 0.184 e. The van der Waals surface area contributed by atoms with Crippen LogP contribution in [0.1, 0.15) is 25.7 Å². The molecule has 1 aliphatic carbocycles. The molecule has 34 heavy (non-hydrogen) atoms. The fraction of sp³-hybridized carbons (Fsp3) is 0.400. The van der Waals surface area contributed by atoms with Gasteiger partial charge in [0.1, 0.15) is 11.5 Å². The SMILES string of the molecule is CN(C)CCn1cc(-c2cc(Oc3ccc4nc(N[C@@H]5CCCC[C@H]5O)sc4c3)ccn2)cn1. The number of thiazole rings is 1. The summed E-state index contributed by atoms with van der Waals surface area (Å²) < 4.78 is 9.13. The Morgan fingerprint density at radius 1 is 1.18 bits per heavy atom. The number of hydrogen-bond donors (Lipinski definition) is 2. The minimum atomic E-state index is -0.305. The van der Waals surface area contributed by atoms with E-state index in [-0.39, 0.29) is 12.1 Å². The van der Waals surface area contributed by atoms with Crippen molar-refractivity contribution in [2.24, 2.45) is 0 Å². The second kappa shape index (κ2) is 10.1. The number of fused-ring (bicyclic) bond motifs is 1. The van der Waals surface area contributed by atoms with E-state index >= 15 is 0 Å². The molecule has 1 aromatic carbocycles. The lowest BCUT2D eigenvalue weighted by Crippen LogP contribution is -2.36. The molecule has 2 N–H and O–H groups in total. The van der Waals surface area contributed by atoms with Gasteiger partial charge in [-0.1, -0.05) is 24.2 Å². The quantitative estimate of drug-likeness (QED) is 0.382. The molecule has 0 radical (unpaired) electrons. The van der Waals surface area contributed by atoms with Gasteiger partial charge in [-0.25, -0.2) is 4.98 Å². The second-order valence-corrected chi connectivity index (χ2v) is 10.1. The summed E-state index contributed by atoms with van der Waals surface area (Å²) in [4.78, 5) is 11.3. The molecule has 178 valence electrons. The maximum Gasteiger partial charge on any atom is 0.184 e. The van der Waals surface area contributed by atoms with Crippen LogP contribution in [0, 0.1) is 0 Å². The standard InChI is InChI=1S/C25H30N6O2S/c1-30(2)11-12-31-16-17(15-27-31)22-13-19(9-10-26-22)33-18-7-8-21-24(14-18)34-25(29-21)28-20-5-3-4-6-23(20)32/h7-10,13-16,20,23,32H,3-6,11-12H2,1-2H3,(H,28,29)/t20-,23-/m1/s1. The van der Waals surface area contributed by atoms with Gasteiger partial charge in [-0.2, -0.15) is 5.10 Å². The maximum absolute atomic E-state index is 10.3. The third-order valence-corrected chi connectivity index (χ3v) is 7.02. The van der Waals surface area contributed by atoms with Gasteiger partial charge >= 0.3 is 0 Å². The second-order valence-electron chi connectivity index (χ2n) is 9.03. The summed E-state index contributed by atoms with van der Waals surface area (Å²) in [6.07, 6.45) is 9.36. The molecule has 3 heterocycles. The molecule has 0 bridgehead atoms. The zero-order valence-corrected chi connectivity index (χ0v) is 20.3. The highest BCUT2D eigenvalue weighted by Gasteiger charge is 2.23. The van der Waals surface area contributed by atoms with Crippen molar-refractivity contribution in [2.75, 3.05) is 26.0 Å². The predicted molar refractivity (Wildman–Crippen MR) is 136 cm³/mol. The number of ether oxygens (including phenoxy) is 1. The summed E-state index contributed by atoms with van der Waals surface area (Å²) in [6, 6.07) is 9.78. The van der Waals surface area contributed by atoms with Crippen LogP contribution in [0.15, 0.2) is 48.9 Å². The van der Waals surface area contributed by atoms with Gasteiger partial charge in [0, 0.05) is 36.6 Å². The lowest BCUT2D eigenvalue weighted by Gasteiger charge is -2.27. The predicted octanol–water partition coefficient (Wildman–Crippen LogP) is 4.62. The highest BCUT2D eigenvalue weighted by atomic mass is 32.1. The summed E-state index contributed by atoms with van der Waals surface area (Å²) >= 11 is 1.59. The Bertz CT molecular complexity index is 1250. The molecule has 0 unspecified atom stereocenters. The highest BCUT2D eigenvalue weighted by Crippen LogP contribution is 2.33. The zero-order valence-electron chi connectivity index (χ0n) is 19.5. The van der Waals surface area contributed by atoms with Gasteiger partial charge in [-0.3, -0.25) is 9.67 Å². The molecule has 0 spiro atoms. The molecule has 8 nitrogen and oxygen atoms in total. The number of benzene rings is 1. The van der Waals surface area contributed by atoms with Crippen LogP contribution in [0.4, 0.5) is 5.13 Å². The van der Waals surface area contributed by atoms with Crippen molar-refractivity contribution in [1.82, 2.24) is 24.6 Å². The van der Waals surface area contributed by atoms with Crippen molar-refractivity contribution in [3.8, 4) is 22.8 Å². The Hall–Kier alpha value is -3.01. The van der Waals surface area contributed by atoms with Crippen LogP contribution in [0.3, 0.4) is 0 Å². The van der Waals surface area contributed by atoms with E-state index in [1.807, 2.05) is 47.4 Å². The Morgan fingerprint density at radius 2 is 2.03 bits per heavy atom. The van der Waals surface area contributed by atoms with Crippen molar-refractivity contribution in [1.29, 1.82) is 0 Å². The Balaban J connectivity index is 1.28. The number of aliphatic hydroxyl groups is 1. The van der Waals surface area contributed by atoms with Gasteiger partial charge in [0.15, 0.2) is 5.13 Å². The van der Waals surface area contributed by atoms with Gasteiger partial charge in [-0.05, 0) is 45.1 Å². The van der Waals surface area contributed by atoms with Crippen LogP contribution in [0.25, 0.3) is 21.5 Å². The first kappa shape index (κ1) is 22.8. The van der Waals surface area contributed by atoms with E-state index in [1.165, 1.54) is 0 Å². The number of rotatable bonds is 8. The van der Waals surface area contributed by atoms with Gasteiger partial charge in [-0.15, -0.1) is 0 Å². The largest absolute Gasteiger partial charge is 0.457 e. The highest BCUT2D eigenvalue weighted by molar-refractivity contribution is 7.22. The van der Waals surface area contributed by atoms with E-state index in [2.05, 4.69) is 39.4 Å². The average molecular weight is 479 g/mol. The van der Waals surface area contributed by atoms with E-state index in [0.29, 0.717) is 0 Å². The third-order valence-electron chi connectivity index (χ3n) is 6.07. The number of anilines is 1. The number of aromatic nitrogens is 4. The first-order valence-electron chi connectivity index (χ1n) is 11.7. The minimum absolute atomic E-state index is 0.0764. The fourth-order valence-corrected chi connectivity index (χ4v) is 5.11. The molecule has 5 rings (SSSR count). The lowest BCUT2D eigenvalue weighted by molar-refractivity contribution is 0.116. The topological polar surface area (TPSA) is 88.3 Å². The Morgan fingerprint density at radius 3 is 2.88 bits per heavy atom. The van der Waals surface area contributed by atoms with Crippen molar-refractivity contribution in [3.63, 3.8) is 0 Å². The average Bonchev–Trinajstić information content (AvgIpc) is 3.46. The molecular weight excluding hydrogens is 448 g/mol. The van der Waals surface area contributed by atoms with Crippen molar-refractivity contribution >= 4 is 26.7 Å². The van der Waals surface area contributed by atoms with E-state index in [0.717, 1.165) is 76.9 Å². The minimum Gasteiger partial charge on any atom is -0.457 e. The van der Waals surface area contributed by atoms with Gasteiger partial charge in [0.05, 0.1) is 40.8 Å². The maximum atomic E-state index is 10.3. The van der Waals surface area contributed by atoms with Crippen molar-refractivity contribution in [3.05, 3.63) is 48.9 Å². The van der Waals surface area contributed by atoms with E-state index in [9.17, 15) is 5.11 Å². The van der Waals surface area contributed by atoms with Crippen LogP contribution >= 0.6 is 11.3 Å². The third kappa shape index (κ3) is 5.38. The summed E-state index contributed by atoms with van der Waals surface area (Å²) in [5.74, 6) is 1.47. The van der Waals surface area contributed by atoms with Crippen molar-refractivity contribution < 1.29 is 9.84 Å². The number of hydrogen-bond acceptors (Lipinski definition) is 8. The molecule has 0 aliphatic heterocycles. The summed E-state index contributed by atoms with van der Waals surface area (Å²) in [6.45, 7) is 1.75. The zero-order chi connectivity index (χ0) is 23.5. The van der Waals surface area contributed by atoms with Gasteiger partial charge in [0.25, 0.3) is 0 Å². The molecule has 4 aromatic rings. The van der Waals surface area contributed by atoms with Gasteiger partial charge in [0.2, 0.25) is 0 Å². The van der Waals surface area contributed by atoms with Crippen molar-refractivity contribution in [2.45, 2.75) is 44.4 Å². The van der Waals surface area contributed by atoms with Crippen LogP contribution in [0.2, 0.25) is 0 Å². The molecule has 2 atom stereocenters. The number of likely N-dealkylation sites (N-methyl/N-ethyl adjacent to an activating group) is 1. The van der Waals surface area contributed by atoms with E-state index in [1.54, 1.807) is 17.5 Å². The summed E-state index contributed by atoms with van der Waals surface area (Å²) in [5.41, 5.74) is 2.71. The first-order chi connectivity index (χ1) is 16.5. The Labute approximate surface area is 203 Å². The molecule has 0 amide bonds. The van der Waals surface area contributed by atoms with Crippen LogP contribution in [-0.2, 0) is 6.54 Å². The van der Waals surface area contributed by atoms with Crippen LogP contribution < -0.4 is 10.1 Å². The van der Waals surface area contributed by atoms with Crippen LogP contribution in [-0.4, -0.2) is 62.5 Å². The van der Waals surface area contributed by atoms with E-state index in [4.69, 9.17) is 4.74 Å². The van der Waals surface area contributed by atoms with Crippen LogP contribution in [0.5, 0.6) is 11.5 Å². The molecule has 1 saturated carbocycles. The molecular formula is C25H30N6O2S. The molecule has 1 aliphatic rings. The number of nitrogens with zero attached hydrogens (tertiary/aromatic N) is 5. The number of pyridine rings is 1. The lowest BCUT2D eigenvalue weighted by atomic mass is 9.93.